The lowest BCUT2D eigenvalue weighted by molar-refractivity contribution is 0.101. The fraction of sp³-hybridized carbons (Fsp3) is 0.0952. The fourth-order valence-electron chi connectivity index (χ4n) is 2.51. The molecule has 150 valence electrons. The van der Waals surface area contributed by atoms with Gasteiger partial charge in [-0.25, -0.2) is 18.7 Å². The number of aromatic nitrogens is 2. The van der Waals surface area contributed by atoms with Gasteiger partial charge in [-0.05, 0) is 42.8 Å². The van der Waals surface area contributed by atoms with Gasteiger partial charge in [0.1, 0.15) is 29.1 Å². The Balaban J connectivity index is 1.75. The first kappa shape index (κ1) is 20.5. The zero-order valence-corrected chi connectivity index (χ0v) is 15.8. The molecule has 0 aliphatic rings. The van der Waals surface area contributed by atoms with E-state index in [9.17, 15) is 13.6 Å². The monoisotopic (exact) mass is 407 g/mol. The van der Waals surface area contributed by atoms with Crippen molar-refractivity contribution in [3.05, 3.63) is 83.3 Å². The first-order valence-electron chi connectivity index (χ1n) is 8.84. The quantitative estimate of drug-likeness (QED) is 0.490. The summed E-state index contributed by atoms with van der Waals surface area (Å²) in [6.45, 7) is 1.85. The van der Waals surface area contributed by atoms with E-state index in [4.69, 9.17) is 10.1 Å². The van der Waals surface area contributed by atoms with Gasteiger partial charge in [0.25, 0.3) is 5.91 Å². The molecule has 3 rings (SSSR count). The van der Waals surface area contributed by atoms with E-state index in [0.717, 1.165) is 12.1 Å². The number of benzene rings is 1. The SMILES string of the molecule is CC/C(=N\Oc1cccnc1C#N)c1ccc(NC(=O)c2c(F)cccc2F)nc1. The molecule has 0 saturated carbocycles. The van der Waals surface area contributed by atoms with Crippen LogP contribution in [0.1, 0.15) is 35.0 Å². The van der Waals surface area contributed by atoms with E-state index in [2.05, 4.69) is 20.4 Å². The molecule has 0 fully saturated rings. The molecule has 0 saturated heterocycles. The Bertz CT molecular complexity index is 1120. The number of hydrogen-bond acceptors (Lipinski definition) is 6. The van der Waals surface area contributed by atoms with Crippen molar-refractivity contribution < 1.29 is 18.4 Å². The number of hydrogen-bond donors (Lipinski definition) is 1. The zero-order valence-electron chi connectivity index (χ0n) is 15.8. The van der Waals surface area contributed by atoms with E-state index in [1.807, 2.05) is 13.0 Å². The van der Waals surface area contributed by atoms with Crippen molar-refractivity contribution in [1.82, 2.24) is 9.97 Å². The van der Waals surface area contributed by atoms with Crippen molar-refractivity contribution in [3.8, 4) is 11.8 Å². The second-order valence-corrected chi connectivity index (χ2v) is 5.93. The summed E-state index contributed by atoms with van der Waals surface area (Å²) in [6.07, 6.45) is 3.41. The molecule has 3 aromatic rings. The minimum absolute atomic E-state index is 0.105. The first-order valence-corrected chi connectivity index (χ1v) is 8.84. The predicted octanol–water partition coefficient (Wildman–Crippen LogP) is 4.07. The van der Waals surface area contributed by atoms with E-state index in [1.165, 1.54) is 24.5 Å². The van der Waals surface area contributed by atoms with E-state index >= 15 is 0 Å². The summed E-state index contributed by atoms with van der Waals surface area (Å²) in [4.78, 5) is 25.5. The van der Waals surface area contributed by atoms with Gasteiger partial charge in [-0.3, -0.25) is 4.79 Å². The molecule has 1 aromatic carbocycles. The molecular formula is C21H15F2N5O2. The molecule has 2 aromatic heterocycles. The number of anilines is 1. The first-order chi connectivity index (χ1) is 14.5. The van der Waals surface area contributed by atoms with Crippen LogP contribution in [0.3, 0.4) is 0 Å². The summed E-state index contributed by atoms with van der Waals surface area (Å²) < 4.78 is 27.4. The van der Waals surface area contributed by atoms with Crippen molar-refractivity contribution in [1.29, 1.82) is 5.26 Å². The van der Waals surface area contributed by atoms with Crippen LogP contribution >= 0.6 is 0 Å². The maximum Gasteiger partial charge on any atom is 0.262 e. The molecule has 2 heterocycles. The Kier molecular flexibility index (Phi) is 6.39. The maximum atomic E-state index is 13.7. The summed E-state index contributed by atoms with van der Waals surface area (Å²) in [5, 5.41) is 15.4. The van der Waals surface area contributed by atoms with Crippen LogP contribution in [0.15, 0.2) is 60.0 Å². The molecule has 0 bridgehead atoms. The van der Waals surface area contributed by atoms with Gasteiger partial charge in [0.15, 0.2) is 11.4 Å². The third-order valence-corrected chi connectivity index (χ3v) is 3.99. The fourth-order valence-corrected chi connectivity index (χ4v) is 2.51. The Labute approximate surface area is 170 Å². The lowest BCUT2D eigenvalue weighted by atomic mass is 10.1. The number of halogens is 2. The smallest absolute Gasteiger partial charge is 0.262 e. The summed E-state index contributed by atoms with van der Waals surface area (Å²) in [5.41, 5.74) is 0.564. The standard InChI is InChI=1S/C21H15F2N5O2/c1-2-16(28-30-18-7-4-10-25-17(18)11-24)13-8-9-19(26-12-13)27-21(29)20-14(22)5-3-6-15(20)23/h3-10,12H,2H2,1H3,(H,26,27,29)/b28-16+. The number of oxime groups is 1. The zero-order chi connectivity index (χ0) is 21.5. The molecule has 9 heteroatoms. The van der Waals surface area contributed by atoms with Crippen molar-refractivity contribution in [2.75, 3.05) is 5.32 Å². The highest BCUT2D eigenvalue weighted by atomic mass is 19.1. The number of nitriles is 1. The van der Waals surface area contributed by atoms with Gasteiger partial charge in [0.05, 0.1) is 5.71 Å². The topological polar surface area (TPSA) is 100 Å². The van der Waals surface area contributed by atoms with Crippen LogP contribution in [0.25, 0.3) is 0 Å². The molecule has 1 amide bonds. The van der Waals surface area contributed by atoms with Crippen LogP contribution in [-0.4, -0.2) is 21.6 Å². The van der Waals surface area contributed by atoms with E-state index in [1.54, 1.807) is 18.2 Å². The number of rotatable bonds is 6. The highest BCUT2D eigenvalue weighted by Gasteiger charge is 2.17. The van der Waals surface area contributed by atoms with Crippen molar-refractivity contribution in [3.63, 3.8) is 0 Å². The average molecular weight is 407 g/mol. The van der Waals surface area contributed by atoms with Crippen molar-refractivity contribution in [2.24, 2.45) is 5.16 Å². The molecule has 0 unspecified atom stereocenters. The molecule has 1 N–H and O–H groups in total. The normalized spacial score (nSPS) is 10.9. The van der Waals surface area contributed by atoms with Gasteiger partial charge in [-0.15, -0.1) is 0 Å². The summed E-state index contributed by atoms with van der Waals surface area (Å²) in [7, 11) is 0. The van der Waals surface area contributed by atoms with Crippen molar-refractivity contribution in [2.45, 2.75) is 13.3 Å². The summed E-state index contributed by atoms with van der Waals surface area (Å²) in [5.74, 6) is -2.54. The van der Waals surface area contributed by atoms with E-state index in [-0.39, 0.29) is 17.3 Å². The third-order valence-electron chi connectivity index (χ3n) is 3.99. The van der Waals surface area contributed by atoms with Gasteiger partial charge < -0.3 is 10.2 Å². The highest BCUT2D eigenvalue weighted by molar-refractivity contribution is 6.04. The number of nitrogens with zero attached hydrogens (tertiary/aromatic N) is 4. The Morgan fingerprint density at radius 1 is 1.17 bits per heavy atom. The van der Waals surface area contributed by atoms with Crippen LogP contribution in [0.4, 0.5) is 14.6 Å². The lowest BCUT2D eigenvalue weighted by Gasteiger charge is -2.08. The molecular weight excluding hydrogens is 392 g/mol. The van der Waals surface area contributed by atoms with Crippen LogP contribution in [0.5, 0.6) is 5.75 Å². The van der Waals surface area contributed by atoms with Crippen LogP contribution in [0.2, 0.25) is 0 Å². The Hall–Kier alpha value is -4.19. The Morgan fingerprint density at radius 2 is 1.93 bits per heavy atom. The highest BCUT2D eigenvalue weighted by Crippen LogP contribution is 2.17. The minimum Gasteiger partial charge on any atom is -0.354 e. The summed E-state index contributed by atoms with van der Waals surface area (Å²) in [6, 6.07) is 11.4. The van der Waals surface area contributed by atoms with Crippen LogP contribution in [-0.2, 0) is 0 Å². The number of carbonyl (C=O) groups is 1. The van der Waals surface area contributed by atoms with Gasteiger partial charge >= 0.3 is 0 Å². The average Bonchev–Trinajstić information content (AvgIpc) is 2.75. The molecule has 0 spiro atoms. The van der Waals surface area contributed by atoms with Crippen LogP contribution < -0.4 is 10.2 Å². The number of pyridine rings is 2. The number of carbonyl (C=O) groups excluding carboxylic acids is 1. The van der Waals surface area contributed by atoms with Crippen molar-refractivity contribution >= 4 is 17.4 Å². The minimum atomic E-state index is -0.964. The van der Waals surface area contributed by atoms with E-state index in [0.29, 0.717) is 17.7 Å². The Morgan fingerprint density at radius 3 is 2.57 bits per heavy atom. The molecule has 0 radical (unpaired) electrons. The summed E-state index contributed by atoms with van der Waals surface area (Å²) >= 11 is 0. The van der Waals surface area contributed by atoms with E-state index < -0.39 is 23.1 Å². The molecule has 0 aliphatic carbocycles. The maximum absolute atomic E-state index is 13.7. The lowest BCUT2D eigenvalue weighted by Crippen LogP contribution is -2.16. The number of nitrogens with one attached hydrogen (secondary N) is 1. The predicted molar refractivity (Wildman–Crippen MR) is 105 cm³/mol. The van der Waals surface area contributed by atoms with Gasteiger partial charge in [-0.2, -0.15) is 5.26 Å². The van der Waals surface area contributed by atoms with Gasteiger partial charge in [-0.1, -0.05) is 18.1 Å². The number of amides is 1. The van der Waals surface area contributed by atoms with Gasteiger partial charge in [0.2, 0.25) is 0 Å². The molecule has 0 aliphatic heterocycles. The molecule has 7 nitrogen and oxygen atoms in total. The molecule has 30 heavy (non-hydrogen) atoms. The second kappa shape index (κ2) is 9.34. The van der Waals surface area contributed by atoms with Gasteiger partial charge in [0, 0.05) is 18.0 Å². The largest absolute Gasteiger partial charge is 0.354 e. The van der Waals surface area contributed by atoms with Crippen LogP contribution in [0, 0.1) is 23.0 Å². The molecule has 0 atom stereocenters. The third kappa shape index (κ3) is 4.62. The second-order valence-electron chi connectivity index (χ2n) is 5.93.